The van der Waals surface area contributed by atoms with Crippen LogP contribution in [0.5, 0.6) is 34.5 Å². The molecule has 26 heavy (non-hydrogen) atoms. The van der Waals surface area contributed by atoms with Gasteiger partial charge >= 0.3 is 0 Å². The molecule has 0 saturated heterocycles. The van der Waals surface area contributed by atoms with Crippen LogP contribution < -0.4 is 19.6 Å². The van der Waals surface area contributed by atoms with E-state index in [-0.39, 0.29) is 56.8 Å². The second kappa shape index (κ2) is 6.40. The monoisotopic (exact) mass is 360 g/mol. The summed E-state index contributed by atoms with van der Waals surface area (Å²) in [6.45, 7) is 0. The maximum absolute atomic E-state index is 12.7. The van der Waals surface area contributed by atoms with E-state index in [0.29, 0.717) is 0 Å². The minimum atomic E-state index is -0.612. The van der Waals surface area contributed by atoms with E-state index in [4.69, 9.17) is 18.6 Å². The molecule has 0 saturated carbocycles. The van der Waals surface area contributed by atoms with Gasteiger partial charge in [-0.05, 0) is 12.1 Å². The molecule has 1 aromatic heterocycles. The van der Waals surface area contributed by atoms with Gasteiger partial charge in [-0.25, -0.2) is 0 Å². The Balaban J connectivity index is 2.38. The molecule has 0 fully saturated rings. The molecular weight excluding hydrogens is 344 g/mol. The maximum atomic E-state index is 12.7. The number of fused-ring (bicyclic) bond motifs is 1. The van der Waals surface area contributed by atoms with Crippen LogP contribution in [-0.4, -0.2) is 36.6 Å². The SMILES string of the molecule is COc1cc(O)c2c(=O)c(OC)c(-c3cc(O)c(OC)c(O)c3)oc2c1. The van der Waals surface area contributed by atoms with E-state index in [0.717, 1.165) is 0 Å². The van der Waals surface area contributed by atoms with Crippen molar-refractivity contribution < 1.29 is 33.9 Å². The number of phenols is 3. The van der Waals surface area contributed by atoms with Crippen molar-refractivity contribution in [2.24, 2.45) is 0 Å². The molecule has 0 spiro atoms. The van der Waals surface area contributed by atoms with Gasteiger partial charge in [-0.3, -0.25) is 4.79 Å². The molecule has 0 unspecified atom stereocenters. The van der Waals surface area contributed by atoms with Crippen LogP contribution in [0.2, 0.25) is 0 Å². The predicted molar refractivity (Wildman–Crippen MR) is 92.6 cm³/mol. The number of aromatic hydroxyl groups is 3. The van der Waals surface area contributed by atoms with Crippen molar-refractivity contribution in [1.29, 1.82) is 0 Å². The molecule has 3 aromatic rings. The highest BCUT2D eigenvalue weighted by molar-refractivity contribution is 5.88. The molecule has 8 nitrogen and oxygen atoms in total. The van der Waals surface area contributed by atoms with Crippen LogP contribution in [0.4, 0.5) is 0 Å². The molecule has 0 atom stereocenters. The zero-order chi connectivity index (χ0) is 19.0. The number of methoxy groups -OCH3 is 3. The number of ether oxygens (including phenoxy) is 3. The highest BCUT2D eigenvalue weighted by Crippen LogP contribution is 2.42. The van der Waals surface area contributed by atoms with Crippen molar-refractivity contribution in [1.82, 2.24) is 0 Å². The first-order valence-electron chi connectivity index (χ1n) is 7.43. The average molecular weight is 360 g/mol. The normalized spacial score (nSPS) is 10.7. The topological polar surface area (TPSA) is 119 Å². The number of phenolic OH excluding ortho intramolecular Hbond substituents is 3. The summed E-state index contributed by atoms with van der Waals surface area (Å²) in [5, 5.41) is 30.0. The highest BCUT2D eigenvalue weighted by Gasteiger charge is 2.22. The molecular formula is C18H16O8. The van der Waals surface area contributed by atoms with Crippen molar-refractivity contribution in [3.63, 3.8) is 0 Å². The lowest BCUT2D eigenvalue weighted by atomic mass is 10.1. The Morgan fingerprint density at radius 3 is 1.96 bits per heavy atom. The summed E-state index contributed by atoms with van der Waals surface area (Å²) in [4.78, 5) is 12.7. The summed E-state index contributed by atoms with van der Waals surface area (Å²) in [5.74, 6) is -1.07. The minimum Gasteiger partial charge on any atom is -0.507 e. The molecule has 0 bridgehead atoms. The third-order valence-electron chi connectivity index (χ3n) is 3.86. The van der Waals surface area contributed by atoms with Gasteiger partial charge in [-0.2, -0.15) is 0 Å². The first-order valence-corrected chi connectivity index (χ1v) is 7.43. The lowest BCUT2D eigenvalue weighted by molar-refractivity contribution is 0.344. The fourth-order valence-electron chi connectivity index (χ4n) is 2.69. The Labute approximate surface area is 147 Å². The zero-order valence-corrected chi connectivity index (χ0v) is 14.2. The Morgan fingerprint density at radius 1 is 0.808 bits per heavy atom. The largest absolute Gasteiger partial charge is 0.507 e. The number of benzene rings is 2. The van der Waals surface area contributed by atoms with E-state index in [9.17, 15) is 20.1 Å². The lowest BCUT2D eigenvalue weighted by Gasteiger charge is -2.12. The minimum absolute atomic E-state index is 0.0362. The third-order valence-corrected chi connectivity index (χ3v) is 3.86. The fraction of sp³-hybridized carbons (Fsp3) is 0.167. The second-order valence-electron chi connectivity index (χ2n) is 5.36. The lowest BCUT2D eigenvalue weighted by Crippen LogP contribution is -2.08. The van der Waals surface area contributed by atoms with Crippen LogP contribution >= 0.6 is 0 Å². The Hall–Kier alpha value is -3.55. The van der Waals surface area contributed by atoms with Gasteiger partial charge in [0.25, 0.3) is 0 Å². The Kier molecular flexibility index (Phi) is 4.25. The first-order chi connectivity index (χ1) is 12.4. The van der Waals surface area contributed by atoms with Crippen LogP contribution in [0.1, 0.15) is 0 Å². The third kappa shape index (κ3) is 2.61. The van der Waals surface area contributed by atoms with E-state index in [1.54, 1.807) is 0 Å². The second-order valence-corrected chi connectivity index (χ2v) is 5.36. The van der Waals surface area contributed by atoms with Crippen LogP contribution in [0, 0.1) is 0 Å². The zero-order valence-electron chi connectivity index (χ0n) is 14.2. The molecule has 3 N–H and O–H groups in total. The Morgan fingerprint density at radius 2 is 1.42 bits per heavy atom. The maximum Gasteiger partial charge on any atom is 0.239 e. The summed E-state index contributed by atoms with van der Waals surface area (Å²) < 4.78 is 20.8. The molecule has 2 aromatic carbocycles. The van der Waals surface area contributed by atoms with Gasteiger partial charge < -0.3 is 33.9 Å². The molecule has 0 aliphatic carbocycles. The highest BCUT2D eigenvalue weighted by atomic mass is 16.5. The van der Waals surface area contributed by atoms with Gasteiger partial charge in [0.2, 0.25) is 16.9 Å². The number of hydrogen-bond donors (Lipinski definition) is 3. The standard InChI is InChI=1S/C18H16O8/c1-23-9-6-10(19)14-13(7-9)26-16(18(25-3)15(14)22)8-4-11(20)17(24-2)12(21)5-8/h4-7,19-21H,1-3H3. The van der Waals surface area contributed by atoms with Crippen LogP contribution in [0.25, 0.3) is 22.3 Å². The van der Waals surface area contributed by atoms with E-state index < -0.39 is 5.43 Å². The smallest absolute Gasteiger partial charge is 0.239 e. The van der Waals surface area contributed by atoms with Crippen LogP contribution in [0.15, 0.2) is 33.5 Å². The molecule has 8 heteroatoms. The van der Waals surface area contributed by atoms with E-state index in [1.807, 2.05) is 0 Å². The first kappa shape index (κ1) is 17.3. The van der Waals surface area contributed by atoms with E-state index >= 15 is 0 Å². The van der Waals surface area contributed by atoms with Gasteiger partial charge in [0.1, 0.15) is 22.5 Å². The van der Waals surface area contributed by atoms with Gasteiger partial charge in [0, 0.05) is 17.7 Å². The number of hydrogen-bond acceptors (Lipinski definition) is 8. The van der Waals surface area contributed by atoms with E-state index in [2.05, 4.69) is 0 Å². The van der Waals surface area contributed by atoms with Crippen LogP contribution in [0.3, 0.4) is 0 Å². The summed E-state index contributed by atoms with van der Waals surface area (Å²) in [7, 11) is 3.97. The summed E-state index contributed by atoms with van der Waals surface area (Å²) in [5.41, 5.74) is -0.380. The van der Waals surface area contributed by atoms with Crippen molar-refractivity contribution in [3.05, 3.63) is 34.5 Å². The van der Waals surface area contributed by atoms with Crippen LogP contribution in [-0.2, 0) is 0 Å². The molecule has 0 aliphatic rings. The molecule has 0 amide bonds. The quantitative estimate of drug-likeness (QED) is 0.650. The predicted octanol–water partition coefficient (Wildman–Crippen LogP) is 2.60. The van der Waals surface area contributed by atoms with E-state index in [1.165, 1.54) is 45.6 Å². The number of rotatable bonds is 4. The van der Waals surface area contributed by atoms with Gasteiger partial charge in [-0.15, -0.1) is 0 Å². The average Bonchev–Trinajstić information content (AvgIpc) is 2.60. The summed E-state index contributed by atoms with van der Waals surface area (Å²) >= 11 is 0. The van der Waals surface area contributed by atoms with Crippen molar-refractivity contribution >= 4 is 11.0 Å². The Bertz CT molecular complexity index is 1030. The van der Waals surface area contributed by atoms with Gasteiger partial charge in [0.15, 0.2) is 17.3 Å². The molecule has 136 valence electrons. The van der Waals surface area contributed by atoms with Gasteiger partial charge in [-0.1, -0.05) is 0 Å². The van der Waals surface area contributed by atoms with Crippen molar-refractivity contribution in [2.45, 2.75) is 0 Å². The summed E-state index contributed by atoms with van der Waals surface area (Å²) in [6.07, 6.45) is 0. The van der Waals surface area contributed by atoms with Gasteiger partial charge in [0.05, 0.1) is 21.3 Å². The molecule has 1 heterocycles. The molecule has 0 radical (unpaired) electrons. The summed E-state index contributed by atoms with van der Waals surface area (Å²) in [6, 6.07) is 5.22. The molecule has 0 aliphatic heterocycles. The fourth-order valence-corrected chi connectivity index (χ4v) is 2.69. The van der Waals surface area contributed by atoms with Crippen molar-refractivity contribution in [2.75, 3.05) is 21.3 Å². The van der Waals surface area contributed by atoms with Crippen molar-refractivity contribution in [3.8, 4) is 45.8 Å². The molecule has 3 rings (SSSR count).